The first-order valence-electron chi connectivity index (χ1n) is 7.30. The van der Waals surface area contributed by atoms with E-state index in [0.29, 0.717) is 17.9 Å². The zero-order chi connectivity index (χ0) is 15.1. The molecule has 1 aliphatic carbocycles. The summed E-state index contributed by atoms with van der Waals surface area (Å²) in [4.78, 5) is 12.1. The van der Waals surface area contributed by atoms with Gasteiger partial charge in [-0.15, -0.1) is 6.42 Å². The number of amides is 1. The molecule has 2 N–H and O–H groups in total. The topological polar surface area (TPSA) is 58.6 Å². The minimum Gasteiger partial charge on any atom is -0.481 e. The van der Waals surface area contributed by atoms with Gasteiger partial charge in [0.2, 0.25) is 0 Å². The van der Waals surface area contributed by atoms with Crippen molar-refractivity contribution in [2.45, 2.75) is 37.7 Å². The van der Waals surface area contributed by atoms with Crippen LogP contribution in [-0.2, 0) is 0 Å². The average molecular weight is 287 g/mol. The number of carbonyl (C=O) groups is 1. The quantitative estimate of drug-likeness (QED) is 0.816. The van der Waals surface area contributed by atoms with Gasteiger partial charge < -0.3 is 15.2 Å². The molecule has 1 aliphatic rings. The van der Waals surface area contributed by atoms with Gasteiger partial charge in [-0.05, 0) is 37.1 Å². The van der Waals surface area contributed by atoms with Gasteiger partial charge >= 0.3 is 0 Å². The molecule has 112 valence electrons. The maximum absolute atomic E-state index is 12.1. The van der Waals surface area contributed by atoms with Crippen LogP contribution in [0, 0.1) is 12.3 Å². The van der Waals surface area contributed by atoms with E-state index in [1.165, 1.54) is 0 Å². The van der Waals surface area contributed by atoms with Gasteiger partial charge in [-0.25, -0.2) is 0 Å². The van der Waals surface area contributed by atoms with Gasteiger partial charge in [0.05, 0.1) is 5.60 Å². The Morgan fingerprint density at radius 3 is 2.57 bits per heavy atom. The maximum atomic E-state index is 12.1. The fourth-order valence-electron chi connectivity index (χ4n) is 2.56. The van der Waals surface area contributed by atoms with Crippen LogP contribution in [0.2, 0.25) is 0 Å². The summed E-state index contributed by atoms with van der Waals surface area (Å²) in [5, 5.41) is 13.2. The molecule has 0 aromatic heterocycles. The summed E-state index contributed by atoms with van der Waals surface area (Å²) >= 11 is 0. The normalized spacial score (nSPS) is 16.8. The second-order valence-corrected chi connectivity index (χ2v) is 5.48. The molecule has 1 fully saturated rings. The van der Waals surface area contributed by atoms with Crippen LogP contribution in [0.5, 0.6) is 5.75 Å². The number of aliphatic hydroxyl groups is 1. The highest BCUT2D eigenvalue weighted by atomic mass is 16.5. The number of nitrogens with one attached hydrogen (secondary N) is 1. The van der Waals surface area contributed by atoms with E-state index in [1.54, 1.807) is 24.3 Å². The number of hydrogen-bond acceptors (Lipinski definition) is 3. The predicted octanol–water partition coefficient (Wildman–Crippen LogP) is 2.12. The number of terminal acetylenes is 1. The summed E-state index contributed by atoms with van der Waals surface area (Å²) in [6.45, 7) is 0.514. The smallest absolute Gasteiger partial charge is 0.251 e. The zero-order valence-corrected chi connectivity index (χ0v) is 12.1. The third-order valence-electron chi connectivity index (χ3n) is 3.80. The van der Waals surface area contributed by atoms with Crippen molar-refractivity contribution in [1.29, 1.82) is 0 Å². The van der Waals surface area contributed by atoms with Crippen LogP contribution < -0.4 is 10.1 Å². The largest absolute Gasteiger partial charge is 0.481 e. The van der Waals surface area contributed by atoms with Crippen molar-refractivity contribution in [3.63, 3.8) is 0 Å². The van der Waals surface area contributed by atoms with Crippen molar-refractivity contribution in [1.82, 2.24) is 5.32 Å². The lowest BCUT2D eigenvalue weighted by atomic mass is 9.85. The van der Waals surface area contributed by atoms with Crippen molar-refractivity contribution in [3.8, 4) is 18.1 Å². The lowest BCUT2D eigenvalue weighted by Crippen LogP contribution is -2.44. The molecule has 2 rings (SSSR count). The molecule has 0 atom stereocenters. The van der Waals surface area contributed by atoms with E-state index in [2.05, 4.69) is 11.2 Å². The number of rotatable bonds is 5. The van der Waals surface area contributed by atoms with Crippen LogP contribution in [-0.4, -0.2) is 29.8 Å². The third-order valence-corrected chi connectivity index (χ3v) is 3.80. The van der Waals surface area contributed by atoms with E-state index in [9.17, 15) is 9.90 Å². The second kappa shape index (κ2) is 7.14. The molecule has 0 aliphatic heterocycles. The van der Waals surface area contributed by atoms with E-state index in [4.69, 9.17) is 11.2 Å². The Kier molecular flexibility index (Phi) is 5.24. The molecule has 1 saturated carbocycles. The standard InChI is InChI=1S/C17H21NO3/c1-2-12-21-15-8-6-14(7-9-15)16(19)18-13-17(20)10-4-3-5-11-17/h1,6-9,20H,3-5,10-13H2,(H,18,19). The van der Waals surface area contributed by atoms with Crippen molar-refractivity contribution < 1.29 is 14.6 Å². The second-order valence-electron chi connectivity index (χ2n) is 5.48. The summed E-state index contributed by atoms with van der Waals surface area (Å²) in [5.74, 6) is 2.84. The Morgan fingerprint density at radius 2 is 1.95 bits per heavy atom. The fraction of sp³-hybridized carbons (Fsp3) is 0.471. The van der Waals surface area contributed by atoms with Gasteiger partial charge in [-0.2, -0.15) is 0 Å². The number of ether oxygens (including phenoxy) is 1. The average Bonchev–Trinajstić information content (AvgIpc) is 2.52. The first-order chi connectivity index (χ1) is 10.1. The zero-order valence-electron chi connectivity index (χ0n) is 12.1. The fourth-order valence-corrected chi connectivity index (χ4v) is 2.56. The van der Waals surface area contributed by atoms with Crippen molar-refractivity contribution >= 4 is 5.91 Å². The molecule has 0 bridgehead atoms. The van der Waals surface area contributed by atoms with Gasteiger partial charge in [-0.1, -0.05) is 25.2 Å². The van der Waals surface area contributed by atoms with Gasteiger partial charge in [0.15, 0.2) is 0 Å². The molecule has 1 amide bonds. The maximum Gasteiger partial charge on any atom is 0.251 e. The molecule has 0 unspecified atom stereocenters. The van der Waals surface area contributed by atoms with Crippen LogP contribution in [0.15, 0.2) is 24.3 Å². The molecule has 1 aromatic rings. The first kappa shape index (κ1) is 15.4. The number of hydrogen-bond donors (Lipinski definition) is 2. The van der Waals surface area contributed by atoms with Crippen LogP contribution in [0.1, 0.15) is 42.5 Å². The van der Waals surface area contributed by atoms with E-state index in [-0.39, 0.29) is 12.5 Å². The van der Waals surface area contributed by atoms with E-state index in [0.717, 1.165) is 32.1 Å². The van der Waals surface area contributed by atoms with E-state index < -0.39 is 5.60 Å². The molecule has 0 spiro atoms. The molecule has 0 saturated heterocycles. The number of carbonyl (C=O) groups excluding carboxylic acids is 1. The summed E-state index contributed by atoms with van der Waals surface area (Å²) in [6.07, 6.45) is 9.83. The summed E-state index contributed by atoms with van der Waals surface area (Å²) in [5.41, 5.74) is -0.202. The SMILES string of the molecule is C#CCOc1ccc(C(=O)NCC2(O)CCCCC2)cc1. The Bertz CT molecular complexity index is 510. The Hall–Kier alpha value is -1.99. The predicted molar refractivity (Wildman–Crippen MR) is 81.1 cm³/mol. The summed E-state index contributed by atoms with van der Waals surface area (Å²) < 4.78 is 5.25. The lowest BCUT2D eigenvalue weighted by molar-refractivity contribution is 0.00525. The van der Waals surface area contributed by atoms with Gasteiger partial charge in [0.25, 0.3) is 5.91 Å². The van der Waals surface area contributed by atoms with Crippen molar-refractivity contribution in [2.75, 3.05) is 13.2 Å². The Labute approximate surface area is 125 Å². The van der Waals surface area contributed by atoms with Crippen LogP contribution in [0.3, 0.4) is 0 Å². The molecule has 0 heterocycles. The van der Waals surface area contributed by atoms with E-state index >= 15 is 0 Å². The first-order valence-corrected chi connectivity index (χ1v) is 7.30. The Morgan fingerprint density at radius 1 is 1.29 bits per heavy atom. The molecule has 4 heteroatoms. The Balaban J connectivity index is 1.86. The van der Waals surface area contributed by atoms with E-state index in [1.807, 2.05) is 0 Å². The van der Waals surface area contributed by atoms with Crippen molar-refractivity contribution in [2.24, 2.45) is 0 Å². The molecular formula is C17H21NO3. The molecular weight excluding hydrogens is 266 g/mol. The van der Waals surface area contributed by atoms with Gasteiger partial charge in [0.1, 0.15) is 12.4 Å². The summed E-state index contributed by atoms with van der Waals surface area (Å²) in [6, 6.07) is 6.79. The summed E-state index contributed by atoms with van der Waals surface area (Å²) in [7, 11) is 0. The molecule has 1 aromatic carbocycles. The molecule has 21 heavy (non-hydrogen) atoms. The van der Waals surface area contributed by atoms with Crippen molar-refractivity contribution in [3.05, 3.63) is 29.8 Å². The third kappa shape index (κ3) is 4.51. The van der Waals surface area contributed by atoms with Crippen LogP contribution >= 0.6 is 0 Å². The monoisotopic (exact) mass is 287 g/mol. The number of benzene rings is 1. The highest BCUT2D eigenvalue weighted by Gasteiger charge is 2.29. The molecule has 4 nitrogen and oxygen atoms in total. The minimum atomic E-state index is -0.746. The highest BCUT2D eigenvalue weighted by Crippen LogP contribution is 2.27. The van der Waals surface area contributed by atoms with Gasteiger partial charge in [0, 0.05) is 12.1 Å². The van der Waals surface area contributed by atoms with Crippen LogP contribution in [0.4, 0.5) is 0 Å². The minimum absolute atomic E-state index is 0.183. The lowest BCUT2D eigenvalue weighted by Gasteiger charge is -2.32. The highest BCUT2D eigenvalue weighted by molar-refractivity contribution is 5.94. The van der Waals surface area contributed by atoms with Crippen LogP contribution in [0.25, 0.3) is 0 Å². The van der Waals surface area contributed by atoms with Gasteiger partial charge in [-0.3, -0.25) is 4.79 Å². The molecule has 0 radical (unpaired) electrons.